The zero-order valence-electron chi connectivity index (χ0n) is 13.5. The van der Waals surface area contributed by atoms with Crippen molar-refractivity contribution in [1.29, 1.82) is 5.26 Å². The summed E-state index contributed by atoms with van der Waals surface area (Å²) in [4.78, 5) is 20.9. The standard InChI is InChI=1S/C19H12N4O2S/c20-9-13-7-12(5-6-21-13)8-14-11-26-19(22-14)23-18(24)16-10-25-17-4-2-1-3-15(16)17/h1-7,10-11H,8H2,(H,22,23,24). The van der Waals surface area contributed by atoms with Gasteiger partial charge in [-0.25, -0.2) is 9.97 Å². The predicted molar refractivity (Wildman–Crippen MR) is 98.0 cm³/mol. The topological polar surface area (TPSA) is 91.8 Å². The van der Waals surface area contributed by atoms with Crippen LogP contribution < -0.4 is 5.32 Å². The molecule has 0 saturated carbocycles. The van der Waals surface area contributed by atoms with Gasteiger partial charge in [-0.15, -0.1) is 11.3 Å². The largest absolute Gasteiger partial charge is 0.463 e. The van der Waals surface area contributed by atoms with Gasteiger partial charge < -0.3 is 4.42 Å². The summed E-state index contributed by atoms with van der Waals surface area (Å²) in [7, 11) is 0. The minimum atomic E-state index is -0.258. The molecule has 0 aliphatic rings. The molecule has 1 N–H and O–H groups in total. The maximum atomic E-state index is 12.5. The number of thiazole rings is 1. The molecule has 1 aromatic carbocycles. The Hall–Kier alpha value is -3.50. The molecule has 0 spiro atoms. The Kier molecular flexibility index (Phi) is 4.17. The number of nitrogens with zero attached hydrogens (tertiary/aromatic N) is 3. The van der Waals surface area contributed by atoms with Gasteiger partial charge >= 0.3 is 0 Å². The van der Waals surface area contributed by atoms with E-state index in [9.17, 15) is 4.79 Å². The van der Waals surface area contributed by atoms with Crippen molar-refractivity contribution in [3.63, 3.8) is 0 Å². The summed E-state index contributed by atoms with van der Waals surface area (Å²) in [5.74, 6) is -0.258. The number of rotatable bonds is 4. The highest BCUT2D eigenvalue weighted by atomic mass is 32.1. The van der Waals surface area contributed by atoms with Gasteiger partial charge in [0, 0.05) is 23.4 Å². The number of aromatic nitrogens is 2. The van der Waals surface area contributed by atoms with E-state index in [1.807, 2.05) is 41.8 Å². The van der Waals surface area contributed by atoms with Crippen molar-refractivity contribution in [3.8, 4) is 6.07 Å². The van der Waals surface area contributed by atoms with E-state index in [0.717, 1.165) is 16.6 Å². The van der Waals surface area contributed by atoms with Crippen LogP contribution in [0.5, 0.6) is 0 Å². The fraction of sp³-hybridized carbons (Fsp3) is 0.0526. The molecule has 0 atom stereocenters. The first kappa shape index (κ1) is 16.0. The number of anilines is 1. The molecule has 4 aromatic rings. The van der Waals surface area contributed by atoms with Crippen molar-refractivity contribution in [2.75, 3.05) is 5.32 Å². The van der Waals surface area contributed by atoms with E-state index in [-0.39, 0.29) is 5.91 Å². The monoisotopic (exact) mass is 360 g/mol. The minimum absolute atomic E-state index is 0.258. The van der Waals surface area contributed by atoms with Crippen LogP contribution in [0.1, 0.15) is 27.3 Å². The van der Waals surface area contributed by atoms with E-state index in [4.69, 9.17) is 9.68 Å². The molecular formula is C19H12N4O2S. The highest BCUT2D eigenvalue weighted by molar-refractivity contribution is 7.14. The lowest BCUT2D eigenvalue weighted by molar-refractivity contribution is 0.102. The van der Waals surface area contributed by atoms with E-state index < -0.39 is 0 Å². The molecule has 0 aliphatic heterocycles. The third-order valence-electron chi connectivity index (χ3n) is 3.82. The molecule has 26 heavy (non-hydrogen) atoms. The first-order valence-electron chi connectivity index (χ1n) is 7.80. The first-order valence-corrected chi connectivity index (χ1v) is 8.68. The molecule has 126 valence electrons. The molecular weight excluding hydrogens is 348 g/mol. The second-order valence-electron chi connectivity index (χ2n) is 5.58. The number of para-hydroxylation sites is 1. The van der Waals surface area contributed by atoms with Gasteiger partial charge in [-0.3, -0.25) is 10.1 Å². The quantitative estimate of drug-likeness (QED) is 0.594. The number of carbonyl (C=O) groups excluding carboxylic acids is 1. The van der Waals surface area contributed by atoms with Crippen LogP contribution in [-0.4, -0.2) is 15.9 Å². The number of hydrogen-bond acceptors (Lipinski definition) is 6. The van der Waals surface area contributed by atoms with Gasteiger partial charge in [0.05, 0.1) is 11.3 Å². The van der Waals surface area contributed by atoms with Gasteiger partial charge in [0.2, 0.25) is 0 Å². The smallest absolute Gasteiger partial charge is 0.261 e. The maximum absolute atomic E-state index is 12.5. The molecule has 4 rings (SSSR count). The van der Waals surface area contributed by atoms with Crippen LogP contribution in [0, 0.1) is 11.3 Å². The van der Waals surface area contributed by atoms with Gasteiger partial charge in [-0.2, -0.15) is 5.26 Å². The fourth-order valence-electron chi connectivity index (χ4n) is 2.62. The van der Waals surface area contributed by atoms with Crippen molar-refractivity contribution in [3.05, 3.63) is 76.8 Å². The number of fused-ring (bicyclic) bond motifs is 1. The maximum Gasteiger partial charge on any atom is 0.261 e. The molecule has 0 unspecified atom stereocenters. The highest BCUT2D eigenvalue weighted by Crippen LogP contribution is 2.23. The van der Waals surface area contributed by atoms with Gasteiger partial charge in [-0.1, -0.05) is 18.2 Å². The molecule has 7 heteroatoms. The summed E-state index contributed by atoms with van der Waals surface area (Å²) in [6.45, 7) is 0. The van der Waals surface area contributed by atoms with Crippen molar-refractivity contribution in [2.45, 2.75) is 6.42 Å². The van der Waals surface area contributed by atoms with Crippen molar-refractivity contribution >= 4 is 33.3 Å². The number of pyridine rings is 1. The number of hydrogen-bond donors (Lipinski definition) is 1. The number of nitrogens with one attached hydrogen (secondary N) is 1. The Morgan fingerprint density at radius 1 is 1.31 bits per heavy atom. The van der Waals surface area contributed by atoms with Crippen LogP contribution in [-0.2, 0) is 6.42 Å². The van der Waals surface area contributed by atoms with Crippen LogP contribution in [0.4, 0.5) is 5.13 Å². The average Bonchev–Trinajstić information content (AvgIpc) is 3.28. The van der Waals surface area contributed by atoms with Crippen molar-refractivity contribution in [1.82, 2.24) is 9.97 Å². The number of amides is 1. The van der Waals surface area contributed by atoms with Crippen LogP contribution >= 0.6 is 11.3 Å². The van der Waals surface area contributed by atoms with Gasteiger partial charge in [0.25, 0.3) is 5.91 Å². The van der Waals surface area contributed by atoms with Gasteiger partial charge in [0.1, 0.15) is 23.6 Å². The lowest BCUT2D eigenvalue weighted by Gasteiger charge is -2.00. The molecule has 0 radical (unpaired) electrons. The van der Waals surface area contributed by atoms with E-state index >= 15 is 0 Å². The predicted octanol–water partition coefficient (Wildman–Crippen LogP) is 4.00. The van der Waals surface area contributed by atoms with E-state index in [2.05, 4.69) is 15.3 Å². The Morgan fingerprint density at radius 2 is 2.19 bits per heavy atom. The SMILES string of the molecule is N#Cc1cc(Cc2csc(NC(=O)c3coc4ccccc34)n2)ccn1. The first-order chi connectivity index (χ1) is 12.7. The molecule has 0 bridgehead atoms. The number of furan rings is 1. The summed E-state index contributed by atoms with van der Waals surface area (Å²) < 4.78 is 5.40. The molecule has 3 aromatic heterocycles. The van der Waals surface area contributed by atoms with Crippen LogP contribution in [0.25, 0.3) is 11.0 Å². The number of nitriles is 1. The van der Waals surface area contributed by atoms with Crippen LogP contribution in [0.15, 0.2) is 58.7 Å². The molecule has 3 heterocycles. The fourth-order valence-corrected chi connectivity index (χ4v) is 3.32. The molecule has 6 nitrogen and oxygen atoms in total. The lowest BCUT2D eigenvalue weighted by atomic mass is 10.1. The number of carbonyl (C=O) groups is 1. The summed E-state index contributed by atoms with van der Waals surface area (Å²) in [6, 6.07) is 13.0. The summed E-state index contributed by atoms with van der Waals surface area (Å²) in [6.07, 6.45) is 3.63. The Labute approximate surface area is 152 Å². The Balaban J connectivity index is 1.49. The zero-order chi connectivity index (χ0) is 17.9. The third kappa shape index (κ3) is 3.18. The number of benzene rings is 1. The zero-order valence-corrected chi connectivity index (χ0v) is 14.3. The molecule has 0 fully saturated rings. The second-order valence-corrected chi connectivity index (χ2v) is 6.44. The molecule has 0 saturated heterocycles. The summed E-state index contributed by atoms with van der Waals surface area (Å²) in [5.41, 5.74) is 3.28. The minimum Gasteiger partial charge on any atom is -0.463 e. The van der Waals surface area contributed by atoms with Gasteiger partial charge in [-0.05, 0) is 23.8 Å². The van der Waals surface area contributed by atoms with Gasteiger partial charge in [0.15, 0.2) is 5.13 Å². The third-order valence-corrected chi connectivity index (χ3v) is 4.63. The summed E-state index contributed by atoms with van der Waals surface area (Å²) >= 11 is 1.36. The van der Waals surface area contributed by atoms with E-state index in [0.29, 0.717) is 28.4 Å². The summed E-state index contributed by atoms with van der Waals surface area (Å²) in [5, 5.41) is 14.9. The van der Waals surface area contributed by atoms with E-state index in [1.54, 1.807) is 12.3 Å². The normalized spacial score (nSPS) is 10.6. The van der Waals surface area contributed by atoms with Crippen molar-refractivity contribution < 1.29 is 9.21 Å². The highest BCUT2D eigenvalue weighted by Gasteiger charge is 2.15. The van der Waals surface area contributed by atoms with E-state index in [1.165, 1.54) is 17.6 Å². The Morgan fingerprint density at radius 3 is 3.08 bits per heavy atom. The lowest BCUT2D eigenvalue weighted by Crippen LogP contribution is -2.11. The molecule has 0 aliphatic carbocycles. The Bertz CT molecular complexity index is 1140. The van der Waals surface area contributed by atoms with Crippen molar-refractivity contribution in [2.24, 2.45) is 0 Å². The van der Waals surface area contributed by atoms with Crippen LogP contribution in [0.2, 0.25) is 0 Å². The molecule has 1 amide bonds. The van der Waals surface area contributed by atoms with Crippen LogP contribution in [0.3, 0.4) is 0 Å². The average molecular weight is 360 g/mol. The second kappa shape index (κ2) is 6.78.